The van der Waals surface area contributed by atoms with E-state index < -0.39 is 0 Å². The van der Waals surface area contributed by atoms with E-state index in [-0.39, 0.29) is 5.97 Å². The van der Waals surface area contributed by atoms with Crippen molar-refractivity contribution in [2.45, 2.75) is 26.7 Å². The lowest BCUT2D eigenvalue weighted by Gasteiger charge is -2.01. The number of nitrogens with one attached hydrogen (secondary N) is 1. The highest BCUT2D eigenvalue weighted by atomic mass is 32.1. The lowest BCUT2D eigenvalue weighted by molar-refractivity contribution is -0.143. The number of carbonyl (C=O) groups is 1. The Balaban J connectivity index is 1.92. The number of rotatable bonds is 6. The van der Waals surface area contributed by atoms with Gasteiger partial charge in [-0.05, 0) is 13.8 Å². The number of carbonyl (C=O) groups excluding carboxylic acids is 1. The van der Waals surface area contributed by atoms with E-state index in [1.165, 1.54) is 11.3 Å². The van der Waals surface area contributed by atoms with Crippen molar-refractivity contribution in [2.24, 2.45) is 7.05 Å². The maximum absolute atomic E-state index is 11.3. The Labute approximate surface area is 121 Å². The first-order valence-electron chi connectivity index (χ1n) is 6.46. The predicted octanol–water partition coefficient (Wildman–Crippen LogP) is 2.42. The average Bonchev–Trinajstić information content (AvgIpc) is 2.95. The molecule has 0 saturated carbocycles. The van der Waals surface area contributed by atoms with Gasteiger partial charge in [0.15, 0.2) is 5.13 Å². The van der Waals surface area contributed by atoms with E-state index in [9.17, 15) is 4.79 Å². The van der Waals surface area contributed by atoms with Gasteiger partial charge in [0, 0.05) is 24.9 Å². The third-order valence-electron chi connectivity index (χ3n) is 2.68. The van der Waals surface area contributed by atoms with Gasteiger partial charge in [-0.3, -0.25) is 9.48 Å². The molecule has 0 fully saturated rings. The van der Waals surface area contributed by atoms with Crippen LogP contribution in [0.1, 0.15) is 24.7 Å². The molecule has 108 valence electrons. The Kier molecular flexibility index (Phi) is 4.73. The predicted molar refractivity (Wildman–Crippen MR) is 78.3 cm³/mol. The molecule has 2 aromatic heterocycles. The first kappa shape index (κ1) is 14.5. The molecule has 0 amide bonds. The lowest BCUT2D eigenvalue weighted by atomic mass is 10.2. The standard InChI is InChI=1S/C13H18N4O2S/c1-4-19-12(18)6-5-10-8-20-13(14-10)15-11-7-9(2)16-17(11)3/h7-8H,4-6H2,1-3H3,(H,14,15). The second kappa shape index (κ2) is 6.51. The average molecular weight is 294 g/mol. The fraction of sp³-hybridized carbons (Fsp3) is 0.462. The molecule has 0 aliphatic rings. The molecule has 7 heteroatoms. The molecule has 1 N–H and O–H groups in total. The van der Waals surface area contributed by atoms with Crippen molar-refractivity contribution in [2.75, 3.05) is 11.9 Å². The zero-order valence-electron chi connectivity index (χ0n) is 11.8. The second-order valence-electron chi connectivity index (χ2n) is 4.37. The zero-order chi connectivity index (χ0) is 14.5. The number of hydrogen-bond donors (Lipinski definition) is 1. The summed E-state index contributed by atoms with van der Waals surface area (Å²) in [4.78, 5) is 15.7. The molecule has 2 heterocycles. The number of hydrogen-bond acceptors (Lipinski definition) is 6. The van der Waals surface area contributed by atoms with Crippen LogP contribution in [0.15, 0.2) is 11.4 Å². The van der Waals surface area contributed by atoms with Crippen molar-refractivity contribution >= 4 is 28.3 Å². The van der Waals surface area contributed by atoms with Crippen molar-refractivity contribution in [3.8, 4) is 0 Å². The summed E-state index contributed by atoms with van der Waals surface area (Å²) in [5, 5.41) is 10.2. The normalized spacial score (nSPS) is 10.6. The number of ether oxygens (including phenoxy) is 1. The van der Waals surface area contributed by atoms with E-state index in [1.54, 1.807) is 11.6 Å². The Bertz CT molecular complexity index is 591. The molecular weight excluding hydrogens is 276 g/mol. The molecular formula is C13H18N4O2S. The molecule has 0 atom stereocenters. The quantitative estimate of drug-likeness (QED) is 0.829. The molecule has 2 aromatic rings. The number of nitrogens with zero attached hydrogens (tertiary/aromatic N) is 3. The van der Waals surface area contributed by atoms with Crippen molar-refractivity contribution in [3.63, 3.8) is 0 Å². The van der Waals surface area contributed by atoms with Gasteiger partial charge in [0.1, 0.15) is 5.82 Å². The minimum Gasteiger partial charge on any atom is -0.466 e. The van der Waals surface area contributed by atoms with Crippen molar-refractivity contribution in [1.82, 2.24) is 14.8 Å². The largest absolute Gasteiger partial charge is 0.466 e. The minimum absolute atomic E-state index is 0.183. The van der Waals surface area contributed by atoms with Crippen LogP contribution in [-0.4, -0.2) is 27.3 Å². The number of aromatic nitrogens is 3. The van der Waals surface area contributed by atoms with Crippen molar-refractivity contribution in [1.29, 1.82) is 0 Å². The molecule has 0 aliphatic carbocycles. The fourth-order valence-electron chi connectivity index (χ4n) is 1.78. The Morgan fingerprint density at radius 2 is 2.35 bits per heavy atom. The number of esters is 1. The molecule has 2 rings (SSSR count). The Morgan fingerprint density at radius 3 is 3.00 bits per heavy atom. The maximum atomic E-state index is 11.3. The summed E-state index contributed by atoms with van der Waals surface area (Å²) in [7, 11) is 1.88. The smallest absolute Gasteiger partial charge is 0.306 e. The molecule has 0 aromatic carbocycles. The Hall–Kier alpha value is -1.89. The summed E-state index contributed by atoms with van der Waals surface area (Å²) in [6, 6.07) is 1.96. The minimum atomic E-state index is -0.183. The first-order valence-corrected chi connectivity index (χ1v) is 7.34. The van der Waals surface area contributed by atoms with Gasteiger partial charge in [0.2, 0.25) is 0 Å². The lowest BCUT2D eigenvalue weighted by Crippen LogP contribution is -2.05. The van der Waals surface area contributed by atoms with Crippen LogP contribution >= 0.6 is 11.3 Å². The monoisotopic (exact) mass is 294 g/mol. The van der Waals surface area contributed by atoms with Crippen LogP contribution < -0.4 is 5.32 Å². The van der Waals surface area contributed by atoms with Gasteiger partial charge in [0.25, 0.3) is 0 Å². The van der Waals surface area contributed by atoms with Crippen molar-refractivity contribution in [3.05, 3.63) is 22.8 Å². The van der Waals surface area contributed by atoms with E-state index in [1.807, 2.05) is 25.4 Å². The summed E-state index contributed by atoms with van der Waals surface area (Å²) in [6.07, 6.45) is 0.962. The molecule has 0 unspecified atom stereocenters. The summed E-state index contributed by atoms with van der Waals surface area (Å²) in [6.45, 7) is 4.17. The van der Waals surface area contributed by atoms with Gasteiger partial charge >= 0.3 is 5.97 Å². The summed E-state index contributed by atoms with van der Waals surface area (Å²) >= 11 is 1.51. The summed E-state index contributed by atoms with van der Waals surface area (Å²) in [5.41, 5.74) is 1.85. The van der Waals surface area contributed by atoms with Crippen LogP contribution in [0.2, 0.25) is 0 Å². The second-order valence-corrected chi connectivity index (χ2v) is 5.23. The highest BCUT2D eigenvalue weighted by Crippen LogP contribution is 2.21. The number of thiazole rings is 1. The highest BCUT2D eigenvalue weighted by molar-refractivity contribution is 7.13. The molecule has 0 radical (unpaired) electrons. The SMILES string of the molecule is CCOC(=O)CCc1csc(Nc2cc(C)nn2C)n1. The van der Waals surface area contributed by atoms with E-state index >= 15 is 0 Å². The van der Waals surface area contributed by atoms with Crippen molar-refractivity contribution < 1.29 is 9.53 Å². The molecule has 0 bridgehead atoms. The highest BCUT2D eigenvalue weighted by Gasteiger charge is 2.08. The third kappa shape index (κ3) is 3.80. The third-order valence-corrected chi connectivity index (χ3v) is 3.49. The molecule has 0 aliphatic heterocycles. The molecule has 20 heavy (non-hydrogen) atoms. The zero-order valence-corrected chi connectivity index (χ0v) is 12.7. The van der Waals surface area contributed by atoms with Crippen LogP contribution in [0, 0.1) is 6.92 Å². The van der Waals surface area contributed by atoms with Gasteiger partial charge in [-0.1, -0.05) is 0 Å². The number of anilines is 2. The van der Waals surface area contributed by atoms with Gasteiger partial charge < -0.3 is 10.1 Å². The van der Waals surface area contributed by atoms with Crippen LogP contribution in [-0.2, 0) is 23.0 Å². The van der Waals surface area contributed by atoms with Crippen LogP contribution in [0.5, 0.6) is 0 Å². The van der Waals surface area contributed by atoms with Gasteiger partial charge in [-0.15, -0.1) is 11.3 Å². The van der Waals surface area contributed by atoms with Gasteiger partial charge in [-0.25, -0.2) is 4.98 Å². The Morgan fingerprint density at radius 1 is 1.55 bits per heavy atom. The topological polar surface area (TPSA) is 69.0 Å². The van der Waals surface area contributed by atoms with Crippen LogP contribution in [0.3, 0.4) is 0 Å². The van der Waals surface area contributed by atoms with Gasteiger partial charge in [-0.2, -0.15) is 5.10 Å². The van der Waals surface area contributed by atoms with E-state index in [0.29, 0.717) is 19.4 Å². The van der Waals surface area contributed by atoms with E-state index in [4.69, 9.17) is 4.74 Å². The molecule has 6 nitrogen and oxygen atoms in total. The molecule has 0 spiro atoms. The number of aryl methyl sites for hydroxylation is 3. The maximum Gasteiger partial charge on any atom is 0.306 e. The van der Waals surface area contributed by atoms with E-state index in [2.05, 4.69) is 15.4 Å². The molecule has 0 saturated heterocycles. The summed E-state index contributed by atoms with van der Waals surface area (Å²) < 4.78 is 6.67. The van der Waals surface area contributed by atoms with E-state index in [0.717, 1.165) is 22.3 Å². The van der Waals surface area contributed by atoms with Crippen LogP contribution in [0.25, 0.3) is 0 Å². The summed E-state index contributed by atoms with van der Waals surface area (Å²) in [5.74, 6) is 0.714. The van der Waals surface area contributed by atoms with Gasteiger partial charge in [0.05, 0.1) is 24.4 Å². The first-order chi connectivity index (χ1) is 9.58. The fourth-order valence-corrected chi connectivity index (χ4v) is 2.53. The van der Waals surface area contributed by atoms with Crippen LogP contribution in [0.4, 0.5) is 10.9 Å².